The fraction of sp³-hybridized carbons (Fsp3) is 1.00. The van der Waals surface area contributed by atoms with E-state index in [4.69, 9.17) is 0 Å². The van der Waals surface area contributed by atoms with Crippen molar-refractivity contribution in [2.24, 2.45) is 17.8 Å². The highest BCUT2D eigenvalue weighted by Gasteiger charge is 2.39. The molecule has 118 valence electrons. The van der Waals surface area contributed by atoms with Gasteiger partial charge in [0.1, 0.15) is 0 Å². The molecule has 4 unspecified atom stereocenters. The minimum atomic E-state index is -0.112. The molecule has 2 aliphatic rings. The molecule has 0 aliphatic heterocycles. The van der Waals surface area contributed by atoms with Gasteiger partial charge in [-0.05, 0) is 76.9 Å². The first-order chi connectivity index (χ1) is 9.56. The van der Waals surface area contributed by atoms with E-state index >= 15 is 0 Å². The van der Waals surface area contributed by atoms with Crippen LogP contribution in [0.2, 0.25) is 0 Å². The molecule has 2 aliphatic carbocycles. The summed E-state index contributed by atoms with van der Waals surface area (Å²) in [4.78, 5) is 2.49. The first-order valence-electron chi connectivity index (χ1n) is 8.60. The van der Waals surface area contributed by atoms with Crippen LogP contribution in [0.25, 0.3) is 0 Å². The molecule has 3 nitrogen and oxygen atoms in total. The van der Waals surface area contributed by atoms with Gasteiger partial charge in [0.05, 0.1) is 6.61 Å². The number of hydrogen-bond acceptors (Lipinski definition) is 3. The van der Waals surface area contributed by atoms with E-state index in [0.717, 1.165) is 43.7 Å². The molecule has 2 N–H and O–H groups in total. The summed E-state index contributed by atoms with van der Waals surface area (Å²) >= 11 is 0. The zero-order valence-corrected chi connectivity index (χ0v) is 13.7. The fourth-order valence-corrected chi connectivity index (χ4v) is 4.18. The Labute approximate surface area is 125 Å². The first-order valence-corrected chi connectivity index (χ1v) is 8.60. The van der Waals surface area contributed by atoms with Gasteiger partial charge in [-0.15, -0.1) is 0 Å². The van der Waals surface area contributed by atoms with Crippen LogP contribution in [-0.4, -0.2) is 48.8 Å². The summed E-state index contributed by atoms with van der Waals surface area (Å²) in [5.41, 5.74) is -0.112. The number of hydrogen-bond donors (Lipinski definition) is 2. The second-order valence-corrected chi connectivity index (χ2v) is 7.59. The molecule has 2 fully saturated rings. The Hall–Kier alpha value is -0.120. The molecule has 3 heteroatoms. The van der Waals surface area contributed by atoms with E-state index in [1.807, 2.05) is 0 Å². The lowest BCUT2D eigenvalue weighted by Crippen LogP contribution is -2.48. The summed E-state index contributed by atoms with van der Waals surface area (Å²) in [6.45, 7) is 7.89. The van der Waals surface area contributed by atoms with Gasteiger partial charge in [-0.2, -0.15) is 0 Å². The van der Waals surface area contributed by atoms with Gasteiger partial charge in [0.15, 0.2) is 0 Å². The van der Waals surface area contributed by atoms with Gasteiger partial charge < -0.3 is 15.3 Å². The van der Waals surface area contributed by atoms with Crippen LogP contribution in [0.1, 0.15) is 52.4 Å². The predicted molar refractivity (Wildman–Crippen MR) is 84.8 cm³/mol. The molecule has 2 bridgehead atoms. The molecule has 0 aromatic carbocycles. The quantitative estimate of drug-likeness (QED) is 0.682. The van der Waals surface area contributed by atoms with Gasteiger partial charge >= 0.3 is 0 Å². The van der Waals surface area contributed by atoms with Crippen LogP contribution in [0.4, 0.5) is 0 Å². The summed E-state index contributed by atoms with van der Waals surface area (Å²) < 4.78 is 0. The second-order valence-electron chi connectivity index (χ2n) is 7.59. The van der Waals surface area contributed by atoms with Crippen LogP contribution < -0.4 is 5.32 Å². The number of aliphatic hydroxyl groups is 1. The maximum absolute atomic E-state index is 9.61. The third kappa shape index (κ3) is 4.19. The Bertz CT molecular complexity index is 297. The zero-order chi connectivity index (χ0) is 14.6. The number of fused-ring (bicyclic) bond motifs is 2. The summed E-state index contributed by atoms with van der Waals surface area (Å²) in [5.74, 6) is 3.01. The maximum atomic E-state index is 9.61. The first kappa shape index (κ1) is 16.3. The molecule has 0 aromatic heterocycles. The van der Waals surface area contributed by atoms with Crippen molar-refractivity contribution >= 4 is 0 Å². The predicted octanol–water partition coefficient (Wildman–Crippen LogP) is 2.50. The van der Waals surface area contributed by atoms with Crippen LogP contribution >= 0.6 is 0 Å². The van der Waals surface area contributed by atoms with Crippen molar-refractivity contribution in [3.63, 3.8) is 0 Å². The standard InChI is InChI=1S/C17H34N2O/c1-4-8-18-17(2,13-20)7-9-19(3)12-16-11-14-5-6-15(16)10-14/h14-16,18,20H,4-13H2,1-3H3. The molecule has 2 saturated carbocycles. The van der Waals surface area contributed by atoms with Gasteiger partial charge in [0.2, 0.25) is 0 Å². The van der Waals surface area contributed by atoms with Crippen molar-refractivity contribution < 1.29 is 5.11 Å². The van der Waals surface area contributed by atoms with E-state index in [-0.39, 0.29) is 12.1 Å². The average Bonchev–Trinajstić information content (AvgIpc) is 3.05. The summed E-state index contributed by atoms with van der Waals surface area (Å²) in [5, 5.41) is 13.1. The number of nitrogens with zero attached hydrogens (tertiary/aromatic N) is 1. The minimum Gasteiger partial charge on any atom is -0.394 e. The number of nitrogens with one attached hydrogen (secondary N) is 1. The highest BCUT2D eigenvalue weighted by molar-refractivity contribution is 4.91. The Morgan fingerprint density at radius 2 is 2.10 bits per heavy atom. The molecule has 0 saturated heterocycles. The van der Waals surface area contributed by atoms with Crippen molar-refractivity contribution in [1.82, 2.24) is 10.2 Å². The molecule has 2 rings (SSSR count). The van der Waals surface area contributed by atoms with Crippen LogP contribution in [0, 0.1) is 17.8 Å². The third-order valence-corrected chi connectivity index (χ3v) is 5.63. The van der Waals surface area contributed by atoms with E-state index in [9.17, 15) is 5.11 Å². The lowest BCUT2D eigenvalue weighted by atomic mass is 9.88. The number of rotatable bonds is 9. The van der Waals surface area contributed by atoms with Crippen molar-refractivity contribution in [2.45, 2.75) is 57.9 Å². The van der Waals surface area contributed by atoms with E-state index in [0.29, 0.717) is 0 Å². The lowest BCUT2D eigenvalue weighted by Gasteiger charge is -2.32. The zero-order valence-electron chi connectivity index (χ0n) is 13.7. The Morgan fingerprint density at radius 1 is 1.30 bits per heavy atom. The Balaban J connectivity index is 1.69. The van der Waals surface area contributed by atoms with Gasteiger partial charge in [0, 0.05) is 12.1 Å². The highest BCUT2D eigenvalue weighted by Crippen LogP contribution is 2.48. The normalized spacial score (nSPS) is 31.9. The molecule has 0 radical (unpaired) electrons. The van der Waals surface area contributed by atoms with Gasteiger partial charge in [-0.1, -0.05) is 13.3 Å². The molecule has 0 amide bonds. The number of aliphatic hydroxyl groups excluding tert-OH is 1. The molecule has 0 aromatic rings. The van der Waals surface area contributed by atoms with Crippen molar-refractivity contribution in [3.05, 3.63) is 0 Å². The monoisotopic (exact) mass is 282 g/mol. The smallest absolute Gasteiger partial charge is 0.0611 e. The fourth-order valence-electron chi connectivity index (χ4n) is 4.18. The lowest BCUT2D eigenvalue weighted by molar-refractivity contribution is 0.142. The molecular formula is C17H34N2O. The topological polar surface area (TPSA) is 35.5 Å². The van der Waals surface area contributed by atoms with Gasteiger partial charge in [-0.25, -0.2) is 0 Å². The summed E-state index contributed by atoms with van der Waals surface area (Å²) in [7, 11) is 2.25. The van der Waals surface area contributed by atoms with Gasteiger partial charge in [-0.3, -0.25) is 0 Å². The molecular weight excluding hydrogens is 248 g/mol. The van der Waals surface area contributed by atoms with Crippen LogP contribution in [-0.2, 0) is 0 Å². The van der Waals surface area contributed by atoms with Crippen LogP contribution in [0.15, 0.2) is 0 Å². The Morgan fingerprint density at radius 3 is 2.65 bits per heavy atom. The summed E-state index contributed by atoms with van der Waals surface area (Å²) in [6.07, 6.45) is 8.10. The molecule has 20 heavy (non-hydrogen) atoms. The second kappa shape index (κ2) is 7.24. The van der Waals surface area contributed by atoms with E-state index in [1.165, 1.54) is 32.2 Å². The SMILES string of the molecule is CCCNC(C)(CO)CCN(C)CC1CC2CCC1C2. The van der Waals surface area contributed by atoms with Crippen molar-refractivity contribution in [1.29, 1.82) is 0 Å². The molecule has 0 spiro atoms. The largest absolute Gasteiger partial charge is 0.394 e. The van der Waals surface area contributed by atoms with Crippen molar-refractivity contribution in [3.8, 4) is 0 Å². The van der Waals surface area contributed by atoms with E-state index in [2.05, 4.69) is 31.1 Å². The Kier molecular flexibility index (Phi) is 5.88. The molecule has 4 atom stereocenters. The van der Waals surface area contributed by atoms with Crippen LogP contribution in [0.5, 0.6) is 0 Å². The summed E-state index contributed by atoms with van der Waals surface area (Å²) in [6, 6.07) is 0. The average molecular weight is 282 g/mol. The van der Waals surface area contributed by atoms with E-state index in [1.54, 1.807) is 0 Å². The van der Waals surface area contributed by atoms with Crippen LogP contribution in [0.3, 0.4) is 0 Å². The van der Waals surface area contributed by atoms with Gasteiger partial charge in [0.25, 0.3) is 0 Å². The minimum absolute atomic E-state index is 0.112. The highest BCUT2D eigenvalue weighted by atomic mass is 16.3. The van der Waals surface area contributed by atoms with Crippen molar-refractivity contribution in [2.75, 3.05) is 33.3 Å². The maximum Gasteiger partial charge on any atom is 0.0611 e. The van der Waals surface area contributed by atoms with E-state index < -0.39 is 0 Å². The third-order valence-electron chi connectivity index (χ3n) is 5.63. The molecule has 0 heterocycles.